The molecule has 1 heterocycles. The smallest absolute Gasteiger partial charge is 0.0902 e. The van der Waals surface area contributed by atoms with Crippen molar-refractivity contribution in [3.8, 4) is 0 Å². The van der Waals surface area contributed by atoms with Gasteiger partial charge in [0.1, 0.15) is 0 Å². The van der Waals surface area contributed by atoms with E-state index in [0.29, 0.717) is 0 Å². The number of furan rings is 1. The van der Waals surface area contributed by atoms with Gasteiger partial charge in [0, 0.05) is 0 Å². The summed E-state index contributed by atoms with van der Waals surface area (Å²) in [5.41, 5.74) is 3.17. The van der Waals surface area contributed by atoms with Gasteiger partial charge >= 0.3 is 0 Å². The largest absolute Gasteiger partial charge is 1.00 e. The Morgan fingerprint density at radius 2 is 1.10 bits per heavy atom. The molecule has 1 aliphatic rings. The highest BCUT2D eigenvalue weighted by Crippen LogP contribution is 2.33. The average Bonchev–Trinajstić information content (AvgIpc) is 3.61. The number of nitrogens with zero attached hydrogens (tertiary/aromatic N) is 1. The lowest BCUT2D eigenvalue weighted by Gasteiger charge is -2.39. The molecular weight excluding hydrogens is 505 g/mol. The molecule has 0 atom stereocenters. The second-order valence-corrected chi connectivity index (χ2v) is 11.7. The van der Waals surface area contributed by atoms with E-state index in [9.17, 15) is 0 Å². The molecule has 0 fully saturated rings. The van der Waals surface area contributed by atoms with E-state index < -0.39 is 0 Å². The number of hydrogen-bond donors (Lipinski definition) is 0. The van der Waals surface area contributed by atoms with Crippen molar-refractivity contribution in [2.24, 2.45) is 0 Å². The molecule has 0 amide bonds. The minimum atomic E-state index is 0. The van der Waals surface area contributed by atoms with Crippen molar-refractivity contribution in [3.63, 3.8) is 0 Å². The Morgan fingerprint density at radius 1 is 0.561 bits per heavy atom. The molecule has 5 rings (SSSR count). The summed E-state index contributed by atoms with van der Waals surface area (Å²) in [4.78, 5) is 0. The van der Waals surface area contributed by atoms with Gasteiger partial charge in [-0.1, -0.05) is 102 Å². The van der Waals surface area contributed by atoms with Crippen LogP contribution in [0.1, 0.15) is 103 Å². The van der Waals surface area contributed by atoms with Crippen molar-refractivity contribution < 1.29 is 13.6 Å². The fourth-order valence-corrected chi connectivity index (χ4v) is 6.21. The van der Waals surface area contributed by atoms with Crippen LogP contribution in [-0.2, 0) is 12.8 Å². The summed E-state index contributed by atoms with van der Waals surface area (Å²) in [7, 11) is 0. The molecule has 0 bridgehead atoms. The van der Waals surface area contributed by atoms with E-state index in [4.69, 9.17) is 0 Å². The molecule has 0 saturated carbocycles. The fourth-order valence-electron chi connectivity index (χ4n) is 6.21. The molecule has 0 aliphatic heterocycles. The standard InChI is InChI=1S/C18H16.C16H36N.C4H4O.FH/c1-3-7-15-13(5-1)9-11-18-16-8-4-2-6-14(16)10-12-17(15)18;1-5-9-13-17(14-10-6-2,15-11-7-3)16-12-8-4;1-2-4-5-3-1;/h1,3,5,7,9-12H,2,4,6,8H2;5-16H2,1-4H3;1-4H;1H/q;+1;;/p-1. The zero-order valence-electron chi connectivity index (χ0n) is 26.5. The Morgan fingerprint density at radius 3 is 1.63 bits per heavy atom. The van der Waals surface area contributed by atoms with Crippen LogP contribution in [0.4, 0.5) is 0 Å². The number of benzene rings is 3. The third-order valence-electron chi connectivity index (χ3n) is 8.63. The van der Waals surface area contributed by atoms with Gasteiger partial charge in [-0.2, -0.15) is 0 Å². The van der Waals surface area contributed by atoms with Gasteiger partial charge in [0.2, 0.25) is 0 Å². The van der Waals surface area contributed by atoms with Crippen molar-refractivity contribution in [1.29, 1.82) is 0 Å². The lowest BCUT2D eigenvalue weighted by atomic mass is 9.86. The van der Waals surface area contributed by atoms with Gasteiger partial charge in [-0.15, -0.1) is 0 Å². The van der Waals surface area contributed by atoms with Gasteiger partial charge in [0.05, 0.1) is 38.7 Å². The molecule has 0 N–H and O–H groups in total. The number of unbranched alkanes of at least 4 members (excludes halogenated alkanes) is 4. The van der Waals surface area contributed by atoms with E-state index in [-0.39, 0.29) is 4.70 Å². The first-order chi connectivity index (χ1) is 19.7. The molecule has 0 saturated heterocycles. The lowest BCUT2D eigenvalue weighted by molar-refractivity contribution is -0.929. The Balaban J connectivity index is 0.000000241. The third kappa shape index (κ3) is 10.6. The zero-order valence-corrected chi connectivity index (χ0v) is 26.5. The number of aryl methyl sites for hydroxylation is 2. The summed E-state index contributed by atoms with van der Waals surface area (Å²) in [5, 5.41) is 5.64. The molecular formula is C38H56FNO. The van der Waals surface area contributed by atoms with Crippen LogP contribution in [0, 0.1) is 0 Å². The highest BCUT2D eigenvalue weighted by atomic mass is 19.0. The number of halogens is 1. The maximum absolute atomic E-state index is 4.58. The van der Waals surface area contributed by atoms with Gasteiger partial charge < -0.3 is 13.6 Å². The van der Waals surface area contributed by atoms with Gasteiger partial charge in [-0.25, -0.2) is 0 Å². The highest BCUT2D eigenvalue weighted by Gasteiger charge is 2.24. The van der Waals surface area contributed by atoms with E-state index >= 15 is 0 Å². The predicted octanol–water partition coefficient (Wildman–Crippen LogP) is 8.16. The fraction of sp³-hybridized carbons (Fsp3) is 0.526. The van der Waals surface area contributed by atoms with Crippen LogP contribution in [0.15, 0.2) is 77.6 Å². The predicted molar refractivity (Wildman–Crippen MR) is 176 cm³/mol. The summed E-state index contributed by atoms with van der Waals surface area (Å²) < 4.78 is 6.00. The Kier molecular flexibility index (Phi) is 16.4. The van der Waals surface area contributed by atoms with E-state index in [2.05, 4.69) is 80.6 Å². The normalized spacial score (nSPS) is 12.5. The second-order valence-electron chi connectivity index (χ2n) is 11.7. The quantitative estimate of drug-likeness (QED) is 0.126. The second kappa shape index (κ2) is 19.5. The van der Waals surface area contributed by atoms with Crippen molar-refractivity contribution in [3.05, 3.63) is 84.3 Å². The van der Waals surface area contributed by atoms with Crippen LogP contribution in [-0.4, -0.2) is 30.7 Å². The summed E-state index contributed by atoms with van der Waals surface area (Å²) in [6, 6.07) is 21.6. The van der Waals surface area contributed by atoms with Crippen molar-refractivity contribution in [1.82, 2.24) is 0 Å². The monoisotopic (exact) mass is 561 g/mol. The summed E-state index contributed by atoms with van der Waals surface area (Å²) in [6.45, 7) is 15.0. The molecule has 1 aromatic heterocycles. The Bertz CT molecular complexity index is 1160. The van der Waals surface area contributed by atoms with Gasteiger partial charge in [0.25, 0.3) is 0 Å². The minimum absolute atomic E-state index is 0. The molecule has 1 aliphatic carbocycles. The first kappa shape index (κ1) is 34.6. The molecule has 0 unspecified atom stereocenters. The van der Waals surface area contributed by atoms with Crippen LogP contribution < -0.4 is 4.70 Å². The van der Waals surface area contributed by atoms with Crippen LogP contribution in [0.3, 0.4) is 0 Å². The van der Waals surface area contributed by atoms with Crippen molar-refractivity contribution in [2.75, 3.05) is 26.2 Å². The van der Waals surface area contributed by atoms with E-state index in [0.717, 1.165) is 0 Å². The SMILES string of the molecule is CCCC[N+](CCCC)(CCCC)CCCC.[F-].c1ccc2c(c1)ccc1c3c(ccc12)CCCC3.c1ccoc1. The summed E-state index contributed by atoms with van der Waals surface area (Å²) in [5.74, 6) is 0. The lowest BCUT2D eigenvalue weighted by Crippen LogP contribution is -3.00. The topological polar surface area (TPSA) is 13.1 Å². The molecule has 0 spiro atoms. The van der Waals surface area contributed by atoms with Crippen LogP contribution in [0.2, 0.25) is 0 Å². The van der Waals surface area contributed by atoms with Crippen molar-refractivity contribution >= 4 is 21.5 Å². The van der Waals surface area contributed by atoms with Gasteiger partial charge in [0.15, 0.2) is 0 Å². The Labute approximate surface area is 250 Å². The van der Waals surface area contributed by atoms with E-state index in [1.807, 2.05) is 12.1 Å². The van der Waals surface area contributed by atoms with Gasteiger partial charge in [-0.05, 0) is 96.2 Å². The van der Waals surface area contributed by atoms with Crippen LogP contribution >= 0.6 is 0 Å². The van der Waals surface area contributed by atoms with E-state index in [1.165, 1.54) is 129 Å². The third-order valence-corrected chi connectivity index (χ3v) is 8.63. The maximum atomic E-state index is 4.58. The molecule has 0 radical (unpaired) electrons. The molecule has 4 aromatic rings. The number of rotatable bonds is 12. The number of quaternary nitrogens is 1. The Hall–Kier alpha value is -2.65. The molecule has 226 valence electrons. The molecule has 41 heavy (non-hydrogen) atoms. The number of hydrogen-bond acceptors (Lipinski definition) is 1. The summed E-state index contributed by atoms with van der Waals surface area (Å²) >= 11 is 0. The number of fused-ring (bicyclic) bond motifs is 5. The molecule has 3 aromatic carbocycles. The van der Waals surface area contributed by atoms with Crippen molar-refractivity contribution in [2.45, 2.75) is 105 Å². The molecule has 3 heteroatoms. The molecule has 2 nitrogen and oxygen atoms in total. The van der Waals surface area contributed by atoms with Crippen LogP contribution in [0.25, 0.3) is 21.5 Å². The van der Waals surface area contributed by atoms with E-state index in [1.54, 1.807) is 23.7 Å². The maximum Gasteiger partial charge on any atom is 0.0902 e. The first-order valence-electron chi connectivity index (χ1n) is 16.4. The highest BCUT2D eigenvalue weighted by molar-refractivity contribution is 6.08. The van der Waals surface area contributed by atoms with Gasteiger partial charge in [-0.3, -0.25) is 0 Å². The minimum Gasteiger partial charge on any atom is -1.00 e. The summed E-state index contributed by atoms with van der Waals surface area (Å²) in [6.07, 6.45) is 19.5. The van der Waals surface area contributed by atoms with Crippen LogP contribution in [0.5, 0.6) is 0 Å². The average molecular weight is 562 g/mol. The zero-order chi connectivity index (χ0) is 28.5. The first-order valence-corrected chi connectivity index (χ1v) is 16.4.